The molecule has 0 radical (unpaired) electrons. The Balaban J connectivity index is 2.96. The number of aryl methyl sites for hydroxylation is 1. The average Bonchev–Trinajstić information content (AvgIpc) is 2.44. The molecule has 0 spiro atoms. The molecular formula is C14H16BrNO5. The number of benzene rings is 1. The Bertz CT molecular complexity index is 583. The van der Waals surface area contributed by atoms with Crippen molar-refractivity contribution in [1.82, 2.24) is 0 Å². The van der Waals surface area contributed by atoms with Crippen molar-refractivity contribution < 1.29 is 19.2 Å². The summed E-state index contributed by atoms with van der Waals surface area (Å²) in [6.45, 7) is 3.59. The average molecular weight is 358 g/mol. The van der Waals surface area contributed by atoms with Crippen LogP contribution in [0.1, 0.15) is 18.9 Å². The van der Waals surface area contributed by atoms with Gasteiger partial charge in [0.05, 0.1) is 12.0 Å². The lowest BCUT2D eigenvalue weighted by molar-refractivity contribution is -0.385. The largest absolute Gasteiger partial charge is 0.482 e. The van der Waals surface area contributed by atoms with Gasteiger partial charge in [-0.1, -0.05) is 22.9 Å². The monoisotopic (exact) mass is 357 g/mol. The van der Waals surface area contributed by atoms with Gasteiger partial charge in [0.15, 0.2) is 5.75 Å². The number of carbonyl (C=O) groups is 1. The minimum absolute atomic E-state index is 0.0571. The van der Waals surface area contributed by atoms with Crippen LogP contribution in [-0.2, 0) is 9.53 Å². The maximum Gasteiger partial charge on any atom is 0.333 e. The van der Waals surface area contributed by atoms with E-state index in [-0.39, 0.29) is 18.0 Å². The minimum Gasteiger partial charge on any atom is -0.482 e. The molecule has 0 N–H and O–H groups in total. The van der Waals surface area contributed by atoms with E-state index in [9.17, 15) is 14.9 Å². The van der Waals surface area contributed by atoms with Crippen LogP contribution in [0.4, 0.5) is 5.69 Å². The first-order chi connectivity index (χ1) is 9.90. The molecule has 7 heteroatoms. The maximum absolute atomic E-state index is 11.4. The molecule has 6 nitrogen and oxygen atoms in total. The quantitative estimate of drug-likeness (QED) is 0.336. The molecule has 114 valence electrons. The van der Waals surface area contributed by atoms with Crippen molar-refractivity contribution in [2.24, 2.45) is 0 Å². The van der Waals surface area contributed by atoms with Crippen LogP contribution >= 0.6 is 15.9 Å². The van der Waals surface area contributed by atoms with E-state index in [4.69, 9.17) is 4.74 Å². The summed E-state index contributed by atoms with van der Waals surface area (Å²) in [4.78, 5) is 22.0. The van der Waals surface area contributed by atoms with Gasteiger partial charge >= 0.3 is 11.7 Å². The third-order valence-electron chi connectivity index (χ3n) is 2.80. The number of nitro groups is 1. The second-order valence-electron chi connectivity index (χ2n) is 4.21. The molecule has 0 aliphatic carbocycles. The number of esters is 1. The number of hydrogen-bond acceptors (Lipinski definition) is 5. The van der Waals surface area contributed by atoms with Crippen LogP contribution in [0.2, 0.25) is 0 Å². The molecule has 0 amide bonds. The molecule has 1 rings (SSSR count). The Morgan fingerprint density at radius 2 is 2.14 bits per heavy atom. The number of nitro benzene ring substituents is 1. The van der Waals surface area contributed by atoms with Gasteiger partial charge in [-0.15, -0.1) is 0 Å². The molecule has 1 aromatic carbocycles. The number of methoxy groups -OCH3 is 1. The lowest BCUT2D eigenvalue weighted by Crippen LogP contribution is -2.07. The number of ether oxygens (including phenoxy) is 2. The number of halogens is 1. The van der Waals surface area contributed by atoms with Crippen molar-refractivity contribution in [3.05, 3.63) is 43.9 Å². The molecule has 0 bridgehead atoms. The highest BCUT2D eigenvalue weighted by Crippen LogP contribution is 2.34. The zero-order chi connectivity index (χ0) is 16.0. The molecule has 0 aromatic heterocycles. The van der Waals surface area contributed by atoms with Gasteiger partial charge in [0.25, 0.3) is 0 Å². The topological polar surface area (TPSA) is 78.7 Å². The molecule has 0 fully saturated rings. The van der Waals surface area contributed by atoms with Crippen LogP contribution in [0, 0.1) is 17.0 Å². The van der Waals surface area contributed by atoms with Gasteiger partial charge in [-0.3, -0.25) is 10.1 Å². The van der Waals surface area contributed by atoms with E-state index < -0.39 is 10.9 Å². The first-order valence-corrected chi connectivity index (χ1v) is 7.04. The molecule has 0 unspecified atom stereocenters. The van der Waals surface area contributed by atoms with Gasteiger partial charge in [0.2, 0.25) is 0 Å². The Labute approximate surface area is 131 Å². The molecule has 0 saturated heterocycles. The van der Waals surface area contributed by atoms with Gasteiger partial charge in [-0.05, 0) is 31.1 Å². The van der Waals surface area contributed by atoms with Crippen molar-refractivity contribution in [1.29, 1.82) is 0 Å². The van der Waals surface area contributed by atoms with E-state index in [0.29, 0.717) is 22.0 Å². The first-order valence-electron chi connectivity index (χ1n) is 6.25. The summed E-state index contributed by atoms with van der Waals surface area (Å²) < 4.78 is 10.7. The fourth-order valence-electron chi connectivity index (χ4n) is 1.76. The van der Waals surface area contributed by atoms with Gasteiger partial charge in [0, 0.05) is 16.1 Å². The van der Waals surface area contributed by atoms with Crippen LogP contribution in [0.25, 0.3) is 0 Å². The smallest absolute Gasteiger partial charge is 0.333 e. The Hall–Kier alpha value is -1.89. The lowest BCUT2D eigenvalue weighted by Gasteiger charge is -2.09. The summed E-state index contributed by atoms with van der Waals surface area (Å²) >= 11 is 3.21. The summed E-state index contributed by atoms with van der Waals surface area (Å²) in [6, 6.07) is 3.11. The summed E-state index contributed by atoms with van der Waals surface area (Å²) in [5, 5.41) is 11.0. The third-order valence-corrected chi connectivity index (χ3v) is 3.26. The number of hydrogen-bond donors (Lipinski definition) is 0. The second kappa shape index (κ2) is 7.78. The summed E-state index contributed by atoms with van der Waals surface area (Å²) in [6.07, 6.45) is 2.06. The highest BCUT2D eigenvalue weighted by molar-refractivity contribution is 9.10. The molecule has 0 aliphatic heterocycles. The molecule has 21 heavy (non-hydrogen) atoms. The standard InChI is InChI=1S/C14H16BrNO5/c1-4-10(14(17)20-3)5-6-21-13-9(2)7-11(15)8-12(13)16(18)19/h5,7-8H,4,6H2,1-3H3. The summed E-state index contributed by atoms with van der Waals surface area (Å²) in [5.41, 5.74) is 0.988. The van der Waals surface area contributed by atoms with E-state index in [1.165, 1.54) is 13.2 Å². The second-order valence-corrected chi connectivity index (χ2v) is 5.13. The number of rotatable bonds is 6. The van der Waals surface area contributed by atoms with Crippen LogP contribution in [-0.4, -0.2) is 24.6 Å². The van der Waals surface area contributed by atoms with E-state index in [1.54, 1.807) is 19.1 Å². The van der Waals surface area contributed by atoms with E-state index in [1.807, 2.05) is 6.92 Å². The van der Waals surface area contributed by atoms with Gasteiger partial charge < -0.3 is 9.47 Å². The zero-order valence-corrected chi connectivity index (χ0v) is 13.6. The number of nitrogens with zero attached hydrogens (tertiary/aromatic N) is 1. The molecular weight excluding hydrogens is 342 g/mol. The van der Waals surface area contributed by atoms with Gasteiger partial charge in [-0.25, -0.2) is 4.79 Å². The van der Waals surface area contributed by atoms with Crippen molar-refractivity contribution in [2.75, 3.05) is 13.7 Å². The molecule has 0 aliphatic rings. The normalized spacial score (nSPS) is 11.1. The molecule has 1 aromatic rings. The van der Waals surface area contributed by atoms with Crippen molar-refractivity contribution in [2.45, 2.75) is 20.3 Å². The van der Waals surface area contributed by atoms with Crippen molar-refractivity contribution >= 4 is 27.6 Å². The van der Waals surface area contributed by atoms with Crippen molar-refractivity contribution in [3.63, 3.8) is 0 Å². The van der Waals surface area contributed by atoms with Crippen LogP contribution in [0.5, 0.6) is 5.75 Å². The van der Waals surface area contributed by atoms with E-state index in [0.717, 1.165) is 0 Å². The van der Waals surface area contributed by atoms with Crippen LogP contribution in [0.15, 0.2) is 28.3 Å². The van der Waals surface area contributed by atoms with E-state index in [2.05, 4.69) is 20.7 Å². The maximum atomic E-state index is 11.4. The Kier molecular flexibility index (Phi) is 6.36. The molecule has 0 saturated carbocycles. The number of carbonyl (C=O) groups excluding carboxylic acids is 1. The van der Waals surface area contributed by atoms with Crippen molar-refractivity contribution in [3.8, 4) is 5.75 Å². The fraction of sp³-hybridized carbons (Fsp3) is 0.357. The summed E-state index contributed by atoms with van der Waals surface area (Å²) in [5.74, 6) is -0.233. The zero-order valence-electron chi connectivity index (χ0n) is 12.0. The highest BCUT2D eigenvalue weighted by atomic mass is 79.9. The Morgan fingerprint density at radius 1 is 1.48 bits per heavy atom. The van der Waals surface area contributed by atoms with Crippen LogP contribution in [0.3, 0.4) is 0 Å². The van der Waals surface area contributed by atoms with E-state index >= 15 is 0 Å². The highest BCUT2D eigenvalue weighted by Gasteiger charge is 2.18. The lowest BCUT2D eigenvalue weighted by atomic mass is 10.2. The molecule has 0 atom stereocenters. The minimum atomic E-state index is -0.502. The fourth-order valence-corrected chi connectivity index (χ4v) is 2.32. The predicted molar refractivity (Wildman–Crippen MR) is 81.4 cm³/mol. The third kappa shape index (κ3) is 4.56. The predicted octanol–water partition coefficient (Wildman–Crippen LogP) is 3.55. The first kappa shape index (κ1) is 17.2. The van der Waals surface area contributed by atoms with Gasteiger partial charge in [0.1, 0.15) is 6.61 Å². The summed E-state index contributed by atoms with van der Waals surface area (Å²) in [7, 11) is 1.30. The van der Waals surface area contributed by atoms with Gasteiger partial charge in [-0.2, -0.15) is 0 Å². The molecule has 0 heterocycles. The SMILES string of the molecule is CCC(=CCOc1c(C)cc(Br)cc1[N+](=O)[O-])C(=O)OC. The van der Waals surface area contributed by atoms with Crippen LogP contribution < -0.4 is 4.74 Å². The Morgan fingerprint density at radius 3 is 2.67 bits per heavy atom.